The summed E-state index contributed by atoms with van der Waals surface area (Å²) in [4.78, 5) is 19.4. The minimum atomic E-state index is 0.110. The Kier molecular flexibility index (Phi) is 4.56. The number of hydrogen-bond donors (Lipinski definition) is 1. The van der Waals surface area contributed by atoms with E-state index < -0.39 is 0 Å². The van der Waals surface area contributed by atoms with E-state index in [0.29, 0.717) is 5.92 Å². The van der Waals surface area contributed by atoms with Gasteiger partial charge in [-0.3, -0.25) is 14.2 Å². The van der Waals surface area contributed by atoms with Gasteiger partial charge in [0.2, 0.25) is 0 Å². The van der Waals surface area contributed by atoms with Crippen LogP contribution in [-0.2, 0) is 18.5 Å². The molecule has 0 radical (unpaired) electrons. The number of aromatic nitrogens is 4. The summed E-state index contributed by atoms with van der Waals surface area (Å²) < 4.78 is 2.27. The fraction of sp³-hybridized carbons (Fsp3) is 0.619. The van der Waals surface area contributed by atoms with Crippen molar-refractivity contribution in [2.45, 2.75) is 52.1 Å². The van der Waals surface area contributed by atoms with Crippen molar-refractivity contribution in [2.24, 2.45) is 5.92 Å². The molecule has 1 spiro atoms. The summed E-state index contributed by atoms with van der Waals surface area (Å²) in [5.74, 6) is 0.678. The molecule has 5 heterocycles. The lowest BCUT2D eigenvalue weighted by molar-refractivity contribution is -0.00389. The number of hydrogen-bond acceptors (Lipinski definition) is 5. The molecule has 7 heteroatoms. The van der Waals surface area contributed by atoms with Crippen LogP contribution in [0.5, 0.6) is 0 Å². The first-order valence-corrected chi connectivity index (χ1v) is 11.4. The van der Waals surface area contributed by atoms with Crippen molar-refractivity contribution in [2.75, 3.05) is 26.2 Å². The molecule has 0 aliphatic carbocycles. The zero-order valence-electron chi connectivity index (χ0n) is 17.1. The number of fused-ring (bicyclic) bond motifs is 3. The first kappa shape index (κ1) is 18.3. The van der Waals surface area contributed by atoms with Crippen molar-refractivity contribution in [1.82, 2.24) is 29.2 Å². The monoisotopic (exact) mass is 398 g/mol. The quantitative estimate of drug-likeness (QED) is 0.732. The molecule has 3 aromatic heterocycles. The lowest BCUT2D eigenvalue weighted by atomic mass is 9.78. The van der Waals surface area contributed by atoms with Crippen LogP contribution in [0, 0.1) is 12.8 Å². The van der Waals surface area contributed by atoms with Crippen molar-refractivity contribution < 1.29 is 0 Å². The molecule has 0 bridgehead atoms. The van der Waals surface area contributed by atoms with Gasteiger partial charge in [-0.05, 0) is 25.7 Å². The van der Waals surface area contributed by atoms with Crippen LogP contribution in [0.4, 0.5) is 0 Å². The van der Waals surface area contributed by atoms with Crippen molar-refractivity contribution in [3.8, 4) is 0 Å². The molecule has 2 aliphatic rings. The topological polar surface area (TPSA) is 52.5 Å². The van der Waals surface area contributed by atoms with Gasteiger partial charge < -0.3 is 4.98 Å². The van der Waals surface area contributed by atoms with E-state index in [1.165, 1.54) is 22.8 Å². The average Bonchev–Trinajstić information content (AvgIpc) is 3.38. The molecule has 28 heavy (non-hydrogen) atoms. The Morgan fingerprint density at radius 3 is 2.86 bits per heavy atom. The maximum atomic E-state index is 4.81. The zero-order chi connectivity index (χ0) is 19.3. The van der Waals surface area contributed by atoms with Gasteiger partial charge in [-0.25, -0.2) is 9.97 Å². The minimum Gasteiger partial charge on any atom is -0.348 e. The maximum Gasteiger partial charge on any atom is 0.194 e. The Bertz CT molecular complexity index is 959. The summed E-state index contributed by atoms with van der Waals surface area (Å²) in [6.07, 6.45) is 7.46. The summed E-state index contributed by atoms with van der Waals surface area (Å²) in [6, 6.07) is 0. The van der Waals surface area contributed by atoms with Gasteiger partial charge in [-0.15, -0.1) is 11.3 Å². The Hall–Kier alpha value is -1.70. The Balaban J connectivity index is 1.37. The molecule has 5 rings (SSSR count). The highest BCUT2D eigenvalue weighted by atomic mass is 32.1. The smallest absolute Gasteiger partial charge is 0.194 e. The fourth-order valence-electron chi connectivity index (χ4n) is 5.21. The van der Waals surface area contributed by atoms with Crippen LogP contribution in [0.3, 0.4) is 0 Å². The summed E-state index contributed by atoms with van der Waals surface area (Å²) in [6.45, 7) is 12.3. The molecule has 150 valence electrons. The molecule has 0 amide bonds. The van der Waals surface area contributed by atoms with E-state index in [1.54, 1.807) is 11.3 Å². The summed E-state index contributed by atoms with van der Waals surface area (Å²) in [7, 11) is 0. The van der Waals surface area contributed by atoms with Crippen LogP contribution in [0.25, 0.3) is 4.96 Å². The second-order valence-electron chi connectivity index (χ2n) is 8.83. The molecule has 1 N–H and O–H groups in total. The van der Waals surface area contributed by atoms with Crippen molar-refractivity contribution in [3.63, 3.8) is 0 Å². The SMILES string of the molecule is Cc1nc2sccn2c1CN1CCC2(CC1)c1nc[nH]c1CCN2CC(C)C. The number of aryl methyl sites for hydroxylation is 1. The molecule has 6 nitrogen and oxygen atoms in total. The predicted octanol–water partition coefficient (Wildman–Crippen LogP) is 3.43. The summed E-state index contributed by atoms with van der Waals surface area (Å²) >= 11 is 1.72. The lowest BCUT2D eigenvalue weighted by Crippen LogP contribution is -2.57. The Morgan fingerprint density at radius 1 is 1.25 bits per heavy atom. The Morgan fingerprint density at radius 2 is 2.07 bits per heavy atom. The highest BCUT2D eigenvalue weighted by Crippen LogP contribution is 2.42. The molecule has 1 saturated heterocycles. The normalized spacial score (nSPS) is 20.4. The highest BCUT2D eigenvalue weighted by Gasteiger charge is 2.46. The van der Waals surface area contributed by atoms with Gasteiger partial charge in [0, 0.05) is 56.4 Å². The number of piperidine rings is 1. The average molecular weight is 399 g/mol. The van der Waals surface area contributed by atoms with Crippen molar-refractivity contribution in [3.05, 3.63) is 40.7 Å². The number of aromatic amines is 1. The van der Waals surface area contributed by atoms with E-state index in [-0.39, 0.29) is 5.54 Å². The van der Waals surface area contributed by atoms with Gasteiger partial charge in [0.25, 0.3) is 0 Å². The third kappa shape index (κ3) is 2.91. The fourth-order valence-corrected chi connectivity index (χ4v) is 5.99. The van der Waals surface area contributed by atoms with Gasteiger partial charge in [-0.1, -0.05) is 13.8 Å². The maximum absolute atomic E-state index is 4.81. The van der Waals surface area contributed by atoms with E-state index in [9.17, 15) is 0 Å². The molecule has 2 aliphatic heterocycles. The molecular formula is C21H30N6S. The largest absolute Gasteiger partial charge is 0.348 e. The predicted molar refractivity (Wildman–Crippen MR) is 113 cm³/mol. The molecule has 0 aromatic carbocycles. The number of nitrogens with zero attached hydrogens (tertiary/aromatic N) is 5. The number of H-pyrrole nitrogens is 1. The number of thiazole rings is 1. The third-order valence-electron chi connectivity index (χ3n) is 6.60. The molecule has 1 fully saturated rings. The summed E-state index contributed by atoms with van der Waals surface area (Å²) in [5, 5.41) is 2.13. The molecule has 0 atom stereocenters. The third-order valence-corrected chi connectivity index (χ3v) is 7.36. The molecule has 3 aromatic rings. The van der Waals surface area contributed by atoms with Gasteiger partial charge in [0.15, 0.2) is 4.96 Å². The standard InChI is InChI=1S/C21H30N6S/c1-15(2)12-26-7-4-17-19(23-14-22-17)21(26)5-8-25(9-6-21)13-18-16(3)24-20-27(18)10-11-28-20/h10-11,14-15H,4-9,12-13H2,1-3H3,(H,22,23). The molecular weight excluding hydrogens is 368 g/mol. The summed E-state index contributed by atoms with van der Waals surface area (Å²) in [5.41, 5.74) is 5.30. The highest BCUT2D eigenvalue weighted by molar-refractivity contribution is 7.15. The second kappa shape index (κ2) is 6.97. The number of imidazole rings is 2. The van der Waals surface area contributed by atoms with Crippen LogP contribution in [0.1, 0.15) is 49.5 Å². The van der Waals surface area contributed by atoms with Crippen LogP contribution in [0.2, 0.25) is 0 Å². The van der Waals surface area contributed by atoms with E-state index in [4.69, 9.17) is 9.97 Å². The second-order valence-corrected chi connectivity index (χ2v) is 9.70. The first-order chi connectivity index (χ1) is 13.6. The number of nitrogens with one attached hydrogen (secondary N) is 1. The van der Waals surface area contributed by atoms with Gasteiger partial charge in [0.05, 0.1) is 28.9 Å². The van der Waals surface area contributed by atoms with E-state index in [1.807, 2.05) is 6.33 Å². The van der Waals surface area contributed by atoms with Crippen LogP contribution >= 0.6 is 11.3 Å². The lowest BCUT2D eigenvalue weighted by Gasteiger charge is -2.51. The van der Waals surface area contributed by atoms with Crippen molar-refractivity contribution in [1.29, 1.82) is 0 Å². The van der Waals surface area contributed by atoms with Crippen LogP contribution in [-0.4, -0.2) is 55.3 Å². The minimum absolute atomic E-state index is 0.110. The van der Waals surface area contributed by atoms with Gasteiger partial charge in [0.1, 0.15) is 0 Å². The van der Waals surface area contributed by atoms with Crippen molar-refractivity contribution >= 4 is 16.3 Å². The number of rotatable bonds is 4. The van der Waals surface area contributed by atoms with Crippen LogP contribution < -0.4 is 0 Å². The first-order valence-electron chi connectivity index (χ1n) is 10.5. The van der Waals surface area contributed by atoms with E-state index >= 15 is 0 Å². The van der Waals surface area contributed by atoms with E-state index in [0.717, 1.165) is 56.9 Å². The molecule has 0 saturated carbocycles. The van der Waals surface area contributed by atoms with Gasteiger partial charge >= 0.3 is 0 Å². The van der Waals surface area contributed by atoms with Crippen LogP contribution in [0.15, 0.2) is 17.9 Å². The molecule has 0 unspecified atom stereocenters. The zero-order valence-corrected chi connectivity index (χ0v) is 17.9. The van der Waals surface area contributed by atoms with E-state index in [2.05, 4.69) is 51.5 Å². The number of likely N-dealkylation sites (tertiary alicyclic amines) is 1. The van der Waals surface area contributed by atoms with Gasteiger partial charge in [-0.2, -0.15) is 0 Å². The Labute approximate surface area is 170 Å².